The molecule has 0 saturated carbocycles. The largest absolute Gasteiger partial charge is 0.756 e. The summed E-state index contributed by atoms with van der Waals surface area (Å²) in [7, 11) is 0.988. The maximum Gasteiger partial charge on any atom is 0.331 e. The Balaban J connectivity index is 4.80. The zero-order valence-electron chi connectivity index (χ0n) is 37.8. The van der Waals surface area contributed by atoms with Crippen molar-refractivity contribution in [3.8, 4) is 0 Å². The summed E-state index contributed by atoms with van der Waals surface area (Å²) >= 11 is 0. The van der Waals surface area contributed by atoms with Crippen LogP contribution >= 0.6 is 7.82 Å². The van der Waals surface area contributed by atoms with Gasteiger partial charge in [0.25, 0.3) is 7.82 Å². The highest BCUT2D eigenvalue weighted by Gasteiger charge is 2.20. The summed E-state index contributed by atoms with van der Waals surface area (Å²) < 4.78 is 33.3. The van der Waals surface area contributed by atoms with E-state index in [4.69, 9.17) is 18.5 Å². The van der Waals surface area contributed by atoms with E-state index in [1.807, 2.05) is 69.8 Å². The number of likely N-dealkylation sites (N-methyl/N-ethyl adjacent to an activating group) is 1. The summed E-state index contributed by atoms with van der Waals surface area (Å²) in [6.45, 7) is 3.81. The van der Waals surface area contributed by atoms with Crippen LogP contribution in [-0.4, -0.2) is 70.0 Å². The average molecular weight is 854 g/mol. The lowest BCUT2D eigenvalue weighted by atomic mass is 10.1. The van der Waals surface area contributed by atoms with E-state index >= 15 is 0 Å². The Kier molecular flexibility index (Phi) is 38.4. The summed E-state index contributed by atoms with van der Waals surface area (Å²) in [5, 5.41) is 0. The normalized spacial score (nSPS) is 14.7. The molecule has 0 aliphatic carbocycles. The Morgan fingerprint density at radius 2 is 0.900 bits per heavy atom. The molecule has 0 fully saturated rings. The number of phosphoric acid groups is 1. The summed E-state index contributed by atoms with van der Waals surface area (Å²) in [4.78, 5) is 37.2. The van der Waals surface area contributed by atoms with Crippen LogP contribution in [0.5, 0.6) is 0 Å². The van der Waals surface area contributed by atoms with Gasteiger partial charge in [-0.1, -0.05) is 213 Å². The standard InChI is InChI=1S/C50H80NO8P/c1-6-8-10-12-14-16-18-20-22-24-25-27-29-31-33-35-37-39-41-43-50(53)59-48(47-58-60(54,55)57-45-44-51(3,4)5)46-56-49(52)42-40-38-36-34-32-30-28-26-23-21-19-17-15-13-11-9-7-2/h23,25-43,48H,6-22,24,44-47H2,1-5H3/b26-23-,27-25-,30-28-,31-29-,34-32-,35-33-,38-36-,39-37-,42-40+,43-41-/t48-/m1/s1. The Labute approximate surface area is 365 Å². The first-order valence-corrected chi connectivity index (χ1v) is 23.9. The maximum atomic E-state index is 12.5. The van der Waals surface area contributed by atoms with Gasteiger partial charge in [-0.15, -0.1) is 0 Å². The lowest BCUT2D eigenvalue weighted by molar-refractivity contribution is -0.870. The fourth-order valence-corrected chi connectivity index (χ4v) is 6.09. The van der Waals surface area contributed by atoms with Crippen LogP contribution in [0.25, 0.3) is 0 Å². The lowest BCUT2D eigenvalue weighted by Crippen LogP contribution is -2.37. The van der Waals surface area contributed by atoms with Crippen molar-refractivity contribution in [2.45, 2.75) is 136 Å². The number of allylic oxidation sites excluding steroid dienone is 18. The molecule has 9 nitrogen and oxygen atoms in total. The van der Waals surface area contributed by atoms with E-state index in [1.165, 1.54) is 127 Å². The quantitative estimate of drug-likeness (QED) is 0.0151. The molecule has 0 aromatic carbocycles. The number of unbranched alkanes of at least 4 members (excludes halogenated alkanes) is 16. The summed E-state index contributed by atoms with van der Waals surface area (Å²) in [6, 6.07) is 0. The first-order chi connectivity index (χ1) is 29.0. The Hall–Kier alpha value is -3.59. The number of carbonyl (C=O) groups excluding carboxylic acids is 2. The molecule has 0 aliphatic rings. The number of phosphoric ester groups is 1. The Morgan fingerprint density at radius 1 is 0.517 bits per heavy atom. The molecule has 0 aliphatic heterocycles. The van der Waals surface area contributed by atoms with Gasteiger partial charge in [0, 0.05) is 12.2 Å². The van der Waals surface area contributed by atoms with Gasteiger partial charge in [0.05, 0.1) is 27.7 Å². The topological polar surface area (TPSA) is 111 Å². The number of hydrogen-bond donors (Lipinski definition) is 0. The van der Waals surface area contributed by atoms with Crippen LogP contribution in [0, 0.1) is 0 Å². The van der Waals surface area contributed by atoms with Crippen molar-refractivity contribution in [2.75, 3.05) is 47.5 Å². The highest BCUT2D eigenvalue weighted by atomic mass is 31.2. The van der Waals surface area contributed by atoms with E-state index in [0.717, 1.165) is 12.8 Å². The molecule has 0 aromatic rings. The molecular weight excluding hydrogens is 774 g/mol. The lowest BCUT2D eigenvalue weighted by Gasteiger charge is -2.28. The van der Waals surface area contributed by atoms with Crippen LogP contribution in [0.3, 0.4) is 0 Å². The molecule has 10 heteroatoms. The molecule has 0 radical (unpaired) electrons. The van der Waals surface area contributed by atoms with Gasteiger partial charge in [-0.05, 0) is 25.7 Å². The fourth-order valence-electron chi connectivity index (χ4n) is 5.36. The maximum absolute atomic E-state index is 12.5. The molecule has 0 rings (SSSR count). The number of quaternary nitrogens is 1. The third-order valence-electron chi connectivity index (χ3n) is 8.87. The molecule has 0 saturated heterocycles. The molecule has 60 heavy (non-hydrogen) atoms. The highest BCUT2D eigenvalue weighted by molar-refractivity contribution is 7.45. The van der Waals surface area contributed by atoms with Gasteiger partial charge < -0.3 is 27.9 Å². The van der Waals surface area contributed by atoms with Crippen LogP contribution in [0.1, 0.15) is 129 Å². The van der Waals surface area contributed by atoms with Gasteiger partial charge in [-0.3, -0.25) is 4.57 Å². The zero-order chi connectivity index (χ0) is 44.3. The smallest absolute Gasteiger partial charge is 0.331 e. The Bertz CT molecular complexity index is 1430. The molecule has 338 valence electrons. The van der Waals surface area contributed by atoms with Gasteiger partial charge in [-0.2, -0.15) is 0 Å². The zero-order valence-corrected chi connectivity index (χ0v) is 38.7. The van der Waals surface area contributed by atoms with Crippen molar-refractivity contribution in [2.24, 2.45) is 0 Å². The fraction of sp³-hybridized carbons (Fsp3) is 0.560. The minimum absolute atomic E-state index is 0.0840. The summed E-state index contributed by atoms with van der Waals surface area (Å²) in [5.41, 5.74) is 0. The van der Waals surface area contributed by atoms with E-state index in [1.54, 1.807) is 24.3 Å². The molecular formula is C50H80NO8P. The molecule has 2 atom stereocenters. The minimum Gasteiger partial charge on any atom is -0.756 e. The van der Waals surface area contributed by atoms with Crippen molar-refractivity contribution in [3.63, 3.8) is 0 Å². The summed E-state index contributed by atoms with van der Waals surface area (Å²) in [5.74, 6) is -1.46. The number of esters is 2. The number of carbonyl (C=O) groups is 2. The second-order valence-electron chi connectivity index (χ2n) is 15.7. The van der Waals surface area contributed by atoms with E-state index in [9.17, 15) is 19.0 Å². The van der Waals surface area contributed by atoms with Gasteiger partial charge >= 0.3 is 11.9 Å². The van der Waals surface area contributed by atoms with Crippen LogP contribution in [0.4, 0.5) is 0 Å². The van der Waals surface area contributed by atoms with Crippen LogP contribution in [0.15, 0.2) is 122 Å². The van der Waals surface area contributed by atoms with E-state index < -0.39 is 39.1 Å². The van der Waals surface area contributed by atoms with Crippen molar-refractivity contribution >= 4 is 19.8 Å². The monoisotopic (exact) mass is 854 g/mol. The third kappa shape index (κ3) is 44.0. The number of ether oxygens (including phenoxy) is 2. The molecule has 0 bridgehead atoms. The van der Waals surface area contributed by atoms with Gasteiger partial charge in [-0.25, -0.2) is 9.59 Å². The molecule has 0 amide bonds. The van der Waals surface area contributed by atoms with E-state index in [-0.39, 0.29) is 6.61 Å². The second kappa shape index (κ2) is 40.8. The van der Waals surface area contributed by atoms with Crippen LogP contribution in [0.2, 0.25) is 0 Å². The number of nitrogens with zero attached hydrogens (tertiary/aromatic N) is 1. The molecule has 0 heterocycles. The molecule has 0 spiro atoms. The third-order valence-corrected chi connectivity index (χ3v) is 9.83. The van der Waals surface area contributed by atoms with Crippen LogP contribution in [-0.2, 0) is 32.7 Å². The van der Waals surface area contributed by atoms with Crippen molar-refractivity contribution < 1.29 is 42.1 Å². The van der Waals surface area contributed by atoms with Crippen molar-refractivity contribution in [3.05, 3.63) is 122 Å². The van der Waals surface area contributed by atoms with E-state index in [0.29, 0.717) is 11.0 Å². The molecule has 0 N–H and O–H groups in total. The predicted octanol–water partition coefficient (Wildman–Crippen LogP) is 12.3. The SMILES string of the molecule is CCCCCCCCC\C=C/C=C\C=C/C=C\C=C\C(=O)OC[C@H](COP(=O)([O-])OCC[N+](C)(C)C)OC(=O)\C=C/C=C\C=C/C=C\C=C/CCCCCCCCCCC. The highest BCUT2D eigenvalue weighted by Crippen LogP contribution is 2.38. The predicted molar refractivity (Wildman–Crippen MR) is 249 cm³/mol. The van der Waals surface area contributed by atoms with Crippen LogP contribution < -0.4 is 4.89 Å². The number of hydrogen-bond acceptors (Lipinski definition) is 8. The van der Waals surface area contributed by atoms with Crippen molar-refractivity contribution in [1.82, 2.24) is 0 Å². The Morgan fingerprint density at radius 3 is 1.33 bits per heavy atom. The van der Waals surface area contributed by atoms with Gasteiger partial charge in [0.1, 0.15) is 19.8 Å². The van der Waals surface area contributed by atoms with Gasteiger partial charge in [0.15, 0.2) is 6.10 Å². The minimum atomic E-state index is -4.71. The van der Waals surface area contributed by atoms with Gasteiger partial charge in [0.2, 0.25) is 0 Å². The molecule has 0 aromatic heterocycles. The number of rotatable bonds is 38. The molecule has 1 unspecified atom stereocenters. The first-order valence-electron chi connectivity index (χ1n) is 22.4. The first kappa shape index (κ1) is 56.4. The summed E-state index contributed by atoms with van der Waals surface area (Å²) in [6.07, 6.45) is 58.1. The average Bonchev–Trinajstić information content (AvgIpc) is 3.20. The van der Waals surface area contributed by atoms with E-state index in [2.05, 4.69) is 38.2 Å². The van der Waals surface area contributed by atoms with Crippen molar-refractivity contribution in [1.29, 1.82) is 0 Å². The second-order valence-corrected chi connectivity index (χ2v) is 17.1.